The van der Waals surface area contributed by atoms with Crippen molar-refractivity contribution in [1.29, 1.82) is 0 Å². The quantitative estimate of drug-likeness (QED) is 0.613. The smallest absolute Gasteiger partial charge is 0.0956 e. The first kappa shape index (κ1) is 10.8. The Labute approximate surface area is 86.3 Å². The zero-order valence-electron chi connectivity index (χ0n) is 9.20. The molecule has 0 atom stereocenters. The Kier molecular flexibility index (Phi) is 4.17. The second-order valence-electron chi connectivity index (χ2n) is 3.51. The van der Waals surface area contributed by atoms with Gasteiger partial charge in [0.2, 0.25) is 0 Å². The van der Waals surface area contributed by atoms with Crippen molar-refractivity contribution in [3.8, 4) is 0 Å². The largest absolute Gasteiger partial charge is 0.362 e. The number of rotatable bonds is 0. The Morgan fingerprint density at radius 3 is 2.00 bits per heavy atom. The fourth-order valence-electron chi connectivity index (χ4n) is 1.18. The van der Waals surface area contributed by atoms with Crippen LogP contribution in [-0.2, 0) is 0 Å². The molecule has 0 fully saturated rings. The van der Waals surface area contributed by atoms with Gasteiger partial charge in [0, 0.05) is 13.6 Å². The average Bonchev–Trinajstić information content (AvgIpc) is 2.53. The van der Waals surface area contributed by atoms with Gasteiger partial charge in [-0.25, -0.2) is 0 Å². The summed E-state index contributed by atoms with van der Waals surface area (Å²) in [5, 5.41) is 0. The first-order chi connectivity index (χ1) is 6.70. The summed E-state index contributed by atoms with van der Waals surface area (Å²) < 4.78 is 0. The molecule has 0 N–H and O–H groups in total. The molecule has 0 saturated carbocycles. The van der Waals surface area contributed by atoms with Gasteiger partial charge >= 0.3 is 0 Å². The molecule has 1 aliphatic heterocycles. The number of hydrogen-bond acceptors (Lipinski definition) is 2. The maximum Gasteiger partial charge on any atom is 0.0956 e. The standard InChI is InChI=1S/C7H8.C5H10N2/c1-7-5-3-2-4-6-7;1-5-6-3-4-7(5)2/h2-6H,1H3;3-4H2,1-2H3. The molecular formula is C12H18N2. The molecule has 2 heteroatoms. The van der Waals surface area contributed by atoms with E-state index >= 15 is 0 Å². The average molecular weight is 190 g/mol. The van der Waals surface area contributed by atoms with Gasteiger partial charge in [-0.2, -0.15) is 0 Å². The van der Waals surface area contributed by atoms with Gasteiger partial charge in [0.25, 0.3) is 0 Å². The minimum absolute atomic E-state index is 0.988. The van der Waals surface area contributed by atoms with Crippen molar-refractivity contribution in [3.63, 3.8) is 0 Å². The zero-order chi connectivity index (χ0) is 10.4. The highest BCUT2D eigenvalue weighted by molar-refractivity contribution is 5.80. The SMILES string of the molecule is CC1=NCCN1C.Cc1ccccc1. The maximum absolute atomic E-state index is 4.16. The summed E-state index contributed by atoms with van der Waals surface area (Å²) >= 11 is 0. The van der Waals surface area contributed by atoms with Crippen molar-refractivity contribution >= 4 is 5.84 Å². The Morgan fingerprint density at radius 2 is 1.79 bits per heavy atom. The van der Waals surface area contributed by atoms with Crippen molar-refractivity contribution in [2.45, 2.75) is 13.8 Å². The van der Waals surface area contributed by atoms with Crippen LogP contribution in [0.3, 0.4) is 0 Å². The second-order valence-corrected chi connectivity index (χ2v) is 3.51. The van der Waals surface area contributed by atoms with E-state index in [0.29, 0.717) is 0 Å². The molecule has 0 unspecified atom stereocenters. The summed E-state index contributed by atoms with van der Waals surface area (Å²) in [6.07, 6.45) is 0. The molecule has 1 aromatic rings. The van der Waals surface area contributed by atoms with Gasteiger partial charge in [-0.05, 0) is 13.8 Å². The Morgan fingerprint density at radius 1 is 1.14 bits per heavy atom. The molecule has 0 amide bonds. The van der Waals surface area contributed by atoms with Crippen LogP contribution in [0.1, 0.15) is 12.5 Å². The molecule has 2 rings (SSSR count). The molecular weight excluding hydrogens is 172 g/mol. The van der Waals surface area contributed by atoms with E-state index in [1.54, 1.807) is 0 Å². The van der Waals surface area contributed by atoms with Crippen molar-refractivity contribution in [3.05, 3.63) is 35.9 Å². The molecule has 76 valence electrons. The van der Waals surface area contributed by atoms with E-state index in [1.165, 1.54) is 11.4 Å². The van der Waals surface area contributed by atoms with Gasteiger partial charge in [-0.1, -0.05) is 35.9 Å². The van der Waals surface area contributed by atoms with Crippen LogP contribution in [0.5, 0.6) is 0 Å². The third kappa shape index (κ3) is 3.60. The molecule has 2 nitrogen and oxygen atoms in total. The molecule has 1 aliphatic rings. The second kappa shape index (κ2) is 5.43. The molecule has 0 bridgehead atoms. The maximum atomic E-state index is 4.16. The number of aliphatic imine (C=N–C) groups is 1. The Hall–Kier alpha value is -1.31. The van der Waals surface area contributed by atoms with Crippen LogP contribution in [0.4, 0.5) is 0 Å². The summed E-state index contributed by atoms with van der Waals surface area (Å²) in [6.45, 7) is 6.21. The van der Waals surface area contributed by atoms with Crippen LogP contribution in [0, 0.1) is 6.92 Å². The van der Waals surface area contributed by atoms with Crippen molar-refractivity contribution < 1.29 is 0 Å². The fourth-order valence-corrected chi connectivity index (χ4v) is 1.18. The van der Waals surface area contributed by atoms with Crippen LogP contribution in [0.15, 0.2) is 35.3 Å². The lowest BCUT2D eigenvalue weighted by Crippen LogP contribution is -2.19. The Balaban J connectivity index is 0.000000140. The number of likely N-dealkylation sites (N-methyl/N-ethyl adjacent to an activating group) is 1. The van der Waals surface area contributed by atoms with E-state index in [9.17, 15) is 0 Å². The van der Waals surface area contributed by atoms with Crippen LogP contribution >= 0.6 is 0 Å². The van der Waals surface area contributed by atoms with Gasteiger partial charge in [-0.3, -0.25) is 4.99 Å². The van der Waals surface area contributed by atoms with E-state index in [1.807, 2.05) is 25.1 Å². The van der Waals surface area contributed by atoms with Crippen molar-refractivity contribution in [2.75, 3.05) is 20.1 Å². The van der Waals surface area contributed by atoms with E-state index in [4.69, 9.17) is 0 Å². The number of aryl methyl sites for hydroxylation is 1. The van der Waals surface area contributed by atoms with E-state index < -0.39 is 0 Å². The minimum atomic E-state index is 0.988. The molecule has 1 heterocycles. The number of nitrogens with zero attached hydrogens (tertiary/aromatic N) is 2. The highest BCUT2D eigenvalue weighted by Crippen LogP contribution is 1.94. The zero-order valence-corrected chi connectivity index (χ0v) is 9.20. The van der Waals surface area contributed by atoms with E-state index in [-0.39, 0.29) is 0 Å². The summed E-state index contributed by atoms with van der Waals surface area (Å²) in [6, 6.07) is 10.3. The number of hydrogen-bond donors (Lipinski definition) is 0. The van der Waals surface area contributed by atoms with Gasteiger partial charge in [-0.15, -0.1) is 0 Å². The van der Waals surface area contributed by atoms with Crippen LogP contribution in [-0.4, -0.2) is 30.9 Å². The van der Waals surface area contributed by atoms with E-state index in [0.717, 1.165) is 13.1 Å². The predicted molar refractivity (Wildman–Crippen MR) is 61.8 cm³/mol. The third-order valence-electron chi connectivity index (χ3n) is 2.27. The lowest BCUT2D eigenvalue weighted by Gasteiger charge is -2.07. The summed E-state index contributed by atoms with van der Waals surface area (Å²) in [5.74, 6) is 1.17. The van der Waals surface area contributed by atoms with Crippen LogP contribution < -0.4 is 0 Å². The van der Waals surface area contributed by atoms with E-state index in [2.05, 4.69) is 36.0 Å². The Bertz CT molecular complexity index is 290. The van der Waals surface area contributed by atoms with Gasteiger partial charge in [0.05, 0.1) is 12.4 Å². The molecule has 0 saturated heterocycles. The predicted octanol–water partition coefficient (Wildman–Crippen LogP) is 2.35. The lowest BCUT2D eigenvalue weighted by atomic mass is 10.2. The lowest BCUT2D eigenvalue weighted by molar-refractivity contribution is 0.553. The van der Waals surface area contributed by atoms with Crippen LogP contribution in [0.25, 0.3) is 0 Å². The highest BCUT2D eigenvalue weighted by Gasteiger charge is 2.04. The van der Waals surface area contributed by atoms with Crippen molar-refractivity contribution in [2.24, 2.45) is 4.99 Å². The number of benzene rings is 1. The molecule has 0 aromatic heterocycles. The normalized spacial score (nSPS) is 14.5. The number of amidine groups is 1. The van der Waals surface area contributed by atoms with Gasteiger partial charge in [0.15, 0.2) is 0 Å². The molecule has 0 aliphatic carbocycles. The summed E-state index contributed by atoms with van der Waals surface area (Å²) in [7, 11) is 2.06. The first-order valence-corrected chi connectivity index (χ1v) is 4.94. The minimum Gasteiger partial charge on any atom is -0.362 e. The van der Waals surface area contributed by atoms with Gasteiger partial charge < -0.3 is 4.90 Å². The van der Waals surface area contributed by atoms with Crippen LogP contribution in [0.2, 0.25) is 0 Å². The topological polar surface area (TPSA) is 15.6 Å². The molecule has 1 aromatic carbocycles. The molecule has 0 spiro atoms. The summed E-state index contributed by atoms with van der Waals surface area (Å²) in [5.41, 5.74) is 1.32. The monoisotopic (exact) mass is 190 g/mol. The first-order valence-electron chi connectivity index (χ1n) is 4.94. The molecule has 14 heavy (non-hydrogen) atoms. The highest BCUT2D eigenvalue weighted by atomic mass is 15.2. The van der Waals surface area contributed by atoms with Gasteiger partial charge in [0.1, 0.15) is 0 Å². The fraction of sp³-hybridized carbons (Fsp3) is 0.417. The third-order valence-corrected chi connectivity index (χ3v) is 2.27. The summed E-state index contributed by atoms with van der Waals surface area (Å²) in [4.78, 5) is 6.31. The molecule has 0 radical (unpaired) electrons. The van der Waals surface area contributed by atoms with Crippen molar-refractivity contribution in [1.82, 2.24) is 4.90 Å².